The SMILES string of the molecule is Cc1cccc(C2CC2)c1Oc1nnc(Cl)cc1OC(=O)N1COCC1(C)C. The van der Waals surface area contributed by atoms with Crippen LogP contribution >= 0.6 is 11.6 Å². The van der Waals surface area contributed by atoms with Gasteiger partial charge in [-0.2, -0.15) is 0 Å². The largest absolute Gasteiger partial charge is 0.434 e. The molecule has 0 atom stereocenters. The predicted octanol–water partition coefficient (Wildman–Crippen LogP) is 4.68. The molecule has 1 saturated heterocycles. The fourth-order valence-corrected chi connectivity index (χ4v) is 3.34. The van der Waals surface area contributed by atoms with Crippen LogP contribution in [0, 0.1) is 6.92 Å². The standard InChI is InChI=1S/C20H22ClN3O4/c1-12-5-4-6-14(13-7-8-13)17(12)28-18-15(9-16(21)22-23-18)27-19(25)24-11-26-10-20(24,2)3/h4-6,9,13H,7-8,10-11H2,1-3H3. The highest BCUT2D eigenvalue weighted by Crippen LogP contribution is 2.47. The fourth-order valence-electron chi connectivity index (χ4n) is 3.20. The Bertz CT molecular complexity index is 914. The van der Waals surface area contributed by atoms with Crippen molar-refractivity contribution in [2.24, 2.45) is 0 Å². The van der Waals surface area contributed by atoms with Crippen molar-refractivity contribution in [3.8, 4) is 17.4 Å². The minimum Gasteiger partial charge on any atom is -0.434 e. The molecule has 28 heavy (non-hydrogen) atoms. The topological polar surface area (TPSA) is 73.8 Å². The van der Waals surface area contributed by atoms with Crippen LogP contribution in [0.2, 0.25) is 5.15 Å². The maximum atomic E-state index is 12.7. The Balaban J connectivity index is 1.62. The van der Waals surface area contributed by atoms with Crippen LogP contribution < -0.4 is 9.47 Å². The smallest absolute Gasteiger partial charge is 0.417 e. The number of carbonyl (C=O) groups is 1. The van der Waals surface area contributed by atoms with E-state index in [4.69, 9.17) is 25.8 Å². The first-order chi connectivity index (χ1) is 13.3. The zero-order valence-corrected chi connectivity index (χ0v) is 16.8. The maximum Gasteiger partial charge on any atom is 0.417 e. The van der Waals surface area contributed by atoms with Crippen LogP contribution in [0.4, 0.5) is 4.79 Å². The van der Waals surface area contributed by atoms with Gasteiger partial charge in [0.25, 0.3) is 5.88 Å². The zero-order chi connectivity index (χ0) is 19.9. The summed E-state index contributed by atoms with van der Waals surface area (Å²) >= 11 is 5.98. The predicted molar refractivity (Wildman–Crippen MR) is 103 cm³/mol. The molecule has 0 unspecified atom stereocenters. The van der Waals surface area contributed by atoms with E-state index in [0.717, 1.165) is 29.7 Å². The summed E-state index contributed by atoms with van der Waals surface area (Å²) in [5.41, 5.74) is 1.65. The van der Waals surface area contributed by atoms with E-state index in [2.05, 4.69) is 16.3 Å². The van der Waals surface area contributed by atoms with Crippen molar-refractivity contribution in [3.63, 3.8) is 0 Å². The molecule has 0 bridgehead atoms. The van der Waals surface area contributed by atoms with Crippen LogP contribution in [-0.4, -0.2) is 40.1 Å². The second-order valence-electron chi connectivity index (χ2n) is 7.79. The van der Waals surface area contributed by atoms with Crippen LogP contribution in [0.5, 0.6) is 17.4 Å². The number of benzene rings is 1. The van der Waals surface area contributed by atoms with E-state index in [1.807, 2.05) is 32.9 Å². The third kappa shape index (κ3) is 3.77. The number of carbonyl (C=O) groups excluding carboxylic acids is 1. The molecule has 1 amide bonds. The molecule has 2 heterocycles. The Kier molecular flexibility index (Phi) is 4.89. The van der Waals surface area contributed by atoms with Crippen LogP contribution in [0.25, 0.3) is 0 Å². The van der Waals surface area contributed by atoms with Gasteiger partial charge in [-0.1, -0.05) is 29.8 Å². The minimum atomic E-state index is -0.552. The Morgan fingerprint density at radius 3 is 2.79 bits per heavy atom. The summed E-state index contributed by atoms with van der Waals surface area (Å²) in [5, 5.41) is 7.98. The highest BCUT2D eigenvalue weighted by molar-refractivity contribution is 6.29. The van der Waals surface area contributed by atoms with Crippen molar-refractivity contribution in [2.45, 2.75) is 45.1 Å². The first-order valence-electron chi connectivity index (χ1n) is 9.23. The quantitative estimate of drug-likeness (QED) is 0.738. The van der Waals surface area contributed by atoms with E-state index in [-0.39, 0.29) is 23.5 Å². The highest BCUT2D eigenvalue weighted by atomic mass is 35.5. The van der Waals surface area contributed by atoms with Gasteiger partial charge in [0.05, 0.1) is 12.1 Å². The van der Waals surface area contributed by atoms with Crippen molar-refractivity contribution in [1.29, 1.82) is 0 Å². The fraction of sp³-hybridized carbons (Fsp3) is 0.450. The van der Waals surface area contributed by atoms with Crippen molar-refractivity contribution in [3.05, 3.63) is 40.5 Å². The van der Waals surface area contributed by atoms with Crippen molar-refractivity contribution in [2.75, 3.05) is 13.3 Å². The van der Waals surface area contributed by atoms with Gasteiger partial charge in [-0.3, -0.25) is 4.90 Å². The number of hydrogen-bond acceptors (Lipinski definition) is 6. The van der Waals surface area contributed by atoms with Gasteiger partial charge in [0.15, 0.2) is 10.9 Å². The van der Waals surface area contributed by atoms with E-state index in [9.17, 15) is 4.79 Å². The lowest BCUT2D eigenvalue weighted by atomic mass is 10.1. The molecular weight excluding hydrogens is 382 g/mol. The second kappa shape index (κ2) is 7.22. The van der Waals surface area contributed by atoms with Crippen molar-refractivity contribution >= 4 is 17.7 Å². The molecule has 1 saturated carbocycles. The molecule has 8 heteroatoms. The molecule has 0 radical (unpaired) electrons. The zero-order valence-electron chi connectivity index (χ0n) is 16.1. The van der Waals surface area contributed by atoms with Crippen LogP contribution in [0.3, 0.4) is 0 Å². The van der Waals surface area contributed by atoms with Gasteiger partial charge in [-0.15, -0.1) is 10.2 Å². The van der Waals surface area contributed by atoms with Gasteiger partial charge in [0.2, 0.25) is 0 Å². The first-order valence-corrected chi connectivity index (χ1v) is 9.61. The molecule has 7 nitrogen and oxygen atoms in total. The van der Waals surface area contributed by atoms with Gasteiger partial charge < -0.3 is 14.2 Å². The number of para-hydroxylation sites is 1. The molecule has 4 rings (SSSR count). The molecule has 2 fully saturated rings. The van der Waals surface area contributed by atoms with Crippen LogP contribution in [0.15, 0.2) is 24.3 Å². The van der Waals surface area contributed by atoms with Gasteiger partial charge in [0.1, 0.15) is 12.5 Å². The Morgan fingerprint density at radius 1 is 1.32 bits per heavy atom. The summed E-state index contributed by atoms with van der Waals surface area (Å²) in [4.78, 5) is 14.2. The molecule has 1 aliphatic heterocycles. The monoisotopic (exact) mass is 403 g/mol. The van der Waals surface area contributed by atoms with Gasteiger partial charge in [0, 0.05) is 6.07 Å². The molecule has 2 aliphatic rings. The number of rotatable bonds is 4. The lowest BCUT2D eigenvalue weighted by Gasteiger charge is -2.28. The average Bonchev–Trinajstić information content (AvgIpc) is 3.41. The van der Waals surface area contributed by atoms with Crippen LogP contribution in [-0.2, 0) is 4.74 Å². The summed E-state index contributed by atoms with van der Waals surface area (Å²) in [6.45, 7) is 6.39. The molecule has 1 aromatic heterocycles. The van der Waals surface area contributed by atoms with E-state index in [1.54, 1.807) is 0 Å². The molecular formula is C20H22ClN3O4. The van der Waals surface area contributed by atoms with Crippen molar-refractivity contribution in [1.82, 2.24) is 15.1 Å². The molecule has 1 aromatic carbocycles. The summed E-state index contributed by atoms with van der Waals surface area (Å²) in [5.74, 6) is 1.44. The number of aryl methyl sites for hydroxylation is 1. The van der Waals surface area contributed by atoms with E-state index in [0.29, 0.717) is 12.5 Å². The molecule has 2 aromatic rings. The van der Waals surface area contributed by atoms with Crippen molar-refractivity contribution < 1.29 is 19.0 Å². The van der Waals surface area contributed by atoms with E-state index in [1.165, 1.54) is 11.0 Å². The Hall–Kier alpha value is -2.38. The minimum absolute atomic E-state index is 0.104. The first kappa shape index (κ1) is 19.0. The van der Waals surface area contributed by atoms with Gasteiger partial charge >= 0.3 is 6.09 Å². The van der Waals surface area contributed by atoms with Gasteiger partial charge in [-0.05, 0) is 50.7 Å². The summed E-state index contributed by atoms with van der Waals surface area (Å²) in [6.07, 6.45) is 1.72. The lowest BCUT2D eigenvalue weighted by Crippen LogP contribution is -2.45. The second-order valence-corrected chi connectivity index (χ2v) is 8.18. The number of hydrogen-bond donors (Lipinski definition) is 0. The summed E-state index contributed by atoms with van der Waals surface area (Å²) < 4.78 is 17.0. The van der Waals surface area contributed by atoms with E-state index < -0.39 is 11.6 Å². The molecule has 148 valence electrons. The van der Waals surface area contributed by atoms with E-state index >= 15 is 0 Å². The Labute approximate surface area is 168 Å². The highest BCUT2D eigenvalue weighted by Gasteiger charge is 2.38. The number of aromatic nitrogens is 2. The Morgan fingerprint density at radius 2 is 2.11 bits per heavy atom. The molecule has 0 N–H and O–H groups in total. The normalized spacial score (nSPS) is 18.2. The number of halogens is 1. The molecule has 1 aliphatic carbocycles. The van der Waals surface area contributed by atoms with Gasteiger partial charge in [-0.25, -0.2) is 4.79 Å². The third-order valence-corrected chi connectivity index (χ3v) is 5.16. The number of ether oxygens (including phenoxy) is 3. The number of amides is 1. The molecule has 0 spiro atoms. The lowest BCUT2D eigenvalue weighted by molar-refractivity contribution is 0.107. The van der Waals surface area contributed by atoms with Crippen LogP contribution in [0.1, 0.15) is 43.7 Å². The maximum absolute atomic E-state index is 12.7. The summed E-state index contributed by atoms with van der Waals surface area (Å²) in [6, 6.07) is 7.47. The number of nitrogens with zero attached hydrogens (tertiary/aromatic N) is 3. The summed E-state index contributed by atoms with van der Waals surface area (Å²) in [7, 11) is 0. The third-order valence-electron chi connectivity index (χ3n) is 4.98. The average molecular weight is 404 g/mol.